The molecule has 0 aliphatic rings. The molecule has 0 fully saturated rings. The lowest BCUT2D eigenvalue weighted by Crippen LogP contribution is -2.07. The number of hydrogen-bond acceptors (Lipinski definition) is 2. The summed E-state index contributed by atoms with van der Waals surface area (Å²) < 4.78 is 3.98. The van der Waals surface area contributed by atoms with Crippen LogP contribution in [0.15, 0.2) is 30.9 Å². The molecule has 0 amide bonds. The summed E-state index contributed by atoms with van der Waals surface area (Å²) in [6, 6.07) is 4.01. The van der Waals surface area contributed by atoms with Crippen molar-refractivity contribution in [2.45, 2.75) is 20.0 Å². The Morgan fingerprint density at radius 2 is 2.08 bits per heavy atom. The zero-order chi connectivity index (χ0) is 9.10. The van der Waals surface area contributed by atoms with E-state index in [-0.39, 0.29) is 0 Å². The zero-order valence-corrected chi connectivity index (χ0v) is 7.59. The lowest BCUT2D eigenvalue weighted by atomic mass is 10.5. The van der Waals surface area contributed by atoms with Crippen LogP contribution in [-0.4, -0.2) is 19.3 Å². The zero-order valence-electron chi connectivity index (χ0n) is 7.59. The fourth-order valence-corrected chi connectivity index (χ4v) is 1.31. The molecule has 0 bridgehead atoms. The van der Waals surface area contributed by atoms with E-state index < -0.39 is 0 Å². The molecule has 0 spiro atoms. The van der Waals surface area contributed by atoms with E-state index in [2.05, 4.69) is 21.6 Å². The average Bonchev–Trinajstić information content (AvgIpc) is 2.76. The van der Waals surface area contributed by atoms with Crippen molar-refractivity contribution in [2.24, 2.45) is 0 Å². The van der Waals surface area contributed by atoms with Crippen LogP contribution in [0, 0.1) is 0 Å². The first kappa shape index (κ1) is 8.04. The fourth-order valence-electron chi connectivity index (χ4n) is 1.31. The second-order valence-corrected chi connectivity index (χ2v) is 2.85. The minimum Gasteiger partial charge on any atom is -0.347 e. The number of hydrogen-bond donors (Lipinski definition) is 0. The molecule has 2 aromatic heterocycles. The Labute approximate surface area is 76.8 Å². The van der Waals surface area contributed by atoms with Gasteiger partial charge in [-0.3, -0.25) is 0 Å². The van der Waals surface area contributed by atoms with Crippen LogP contribution in [0.2, 0.25) is 0 Å². The summed E-state index contributed by atoms with van der Waals surface area (Å²) in [6.45, 7) is 3.73. The summed E-state index contributed by atoms with van der Waals surface area (Å²) in [7, 11) is 0. The van der Waals surface area contributed by atoms with Crippen molar-refractivity contribution in [2.75, 3.05) is 0 Å². The van der Waals surface area contributed by atoms with Crippen molar-refractivity contribution in [3.8, 4) is 0 Å². The predicted molar refractivity (Wildman–Crippen MR) is 49.2 cm³/mol. The van der Waals surface area contributed by atoms with Gasteiger partial charge in [0.15, 0.2) is 0 Å². The molecule has 13 heavy (non-hydrogen) atoms. The standard InChI is InChI=1S/C9H12N4/c1-2-13-9(10-8-11-13)7-12-5-3-4-6-12/h3-6,8H,2,7H2,1H3. The average molecular weight is 176 g/mol. The Morgan fingerprint density at radius 3 is 2.77 bits per heavy atom. The van der Waals surface area contributed by atoms with Gasteiger partial charge in [-0.05, 0) is 19.1 Å². The van der Waals surface area contributed by atoms with Crippen molar-refractivity contribution in [3.63, 3.8) is 0 Å². The molecule has 4 heteroatoms. The number of nitrogens with zero attached hydrogens (tertiary/aromatic N) is 4. The highest BCUT2D eigenvalue weighted by Gasteiger charge is 2.01. The van der Waals surface area contributed by atoms with E-state index in [1.165, 1.54) is 0 Å². The van der Waals surface area contributed by atoms with E-state index in [0.717, 1.165) is 18.9 Å². The van der Waals surface area contributed by atoms with E-state index in [4.69, 9.17) is 0 Å². The van der Waals surface area contributed by atoms with Crippen molar-refractivity contribution in [3.05, 3.63) is 36.7 Å². The van der Waals surface area contributed by atoms with Crippen LogP contribution in [0.25, 0.3) is 0 Å². The molecule has 2 rings (SSSR count). The van der Waals surface area contributed by atoms with E-state index in [1.807, 2.05) is 29.2 Å². The van der Waals surface area contributed by atoms with Gasteiger partial charge in [-0.15, -0.1) is 0 Å². The van der Waals surface area contributed by atoms with Crippen molar-refractivity contribution in [1.82, 2.24) is 19.3 Å². The van der Waals surface area contributed by atoms with Crippen LogP contribution in [0.4, 0.5) is 0 Å². The van der Waals surface area contributed by atoms with Gasteiger partial charge in [0.1, 0.15) is 12.2 Å². The topological polar surface area (TPSA) is 35.6 Å². The molecule has 0 aliphatic carbocycles. The van der Waals surface area contributed by atoms with Crippen molar-refractivity contribution in [1.29, 1.82) is 0 Å². The van der Waals surface area contributed by atoms with Crippen LogP contribution in [0.3, 0.4) is 0 Å². The normalized spacial score (nSPS) is 10.5. The van der Waals surface area contributed by atoms with Crippen molar-refractivity contribution < 1.29 is 0 Å². The highest BCUT2D eigenvalue weighted by Crippen LogP contribution is 1.98. The maximum atomic E-state index is 4.19. The molecule has 0 N–H and O–H groups in total. The molecular weight excluding hydrogens is 164 g/mol. The van der Waals surface area contributed by atoms with Crippen molar-refractivity contribution >= 4 is 0 Å². The van der Waals surface area contributed by atoms with E-state index in [9.17, 15) is 0 Å². The van der Waals surface area contributed by atoms with Gasteiger partial charge in [0, 0.05) is 18.9 Å². The monoisotopic (exact) mass is 176 g/mol. The van der Waals surface area contributed by atoms with Gasteiger partial charge in [-0.25, -0.2) is 9.67 Å². The second kappa shape index (κ2) is 3.43. The molecule has 0 radical (unpaired) electrons. The summed E-state index contributed by atoms with van der Waals surface area (Å²) in [5, 5.41) is 4.11. The summed E-state index contributed by atoms with van der Waals surface area (Å²) in [5.41, 5.74) is 0. The summed E-state index contributed by atoms with van der Waals surface area (Å²) >= 11 is 0. The molecule has 0 aliphatic heterocycles. The molecule has 0 unspecified atom stereocenters. The molecule has 4 nitrogen and oxygen atoms in total. The Morgan fingerprint density at radius 1 is 1.31 bits per heavy atom. The van der Waals surface area contributed by atoms with E-state index >= 15 is 0 Å². The first-order valence-corrected chi connectivity index (χ1v) is 4.37. The van der Waals surface area contributed by atoms with Gasteiger partial charge >= 0.3 is 0 Å². The van der Waals surface area contributed by atoms with Crippen LogP contribution >= 0.6 is 0 Å². The predicted octanol–water partition coefficient (Wildman–Crippen LogP) is 1.15. The minimum atomic E-state index is 0.792. The highest BCUT2D eigenvalue weighted by molar-refractivity contribution is 4.95. The molecule has 2 heterocycles. The quantitative estimate of drug-likeness (QED) is 0.703. The fraction of sp³-hybridized carbons (Fsp3) is 0.333. The first-order chi connectivity index (χ1) is 6.40. The second-order valence-electron chi connectivity index (χ2n) is 2.85. The molecule has 0 saturated carbocycles. The maximum absolute atomic E-state index is 4.19. The Kier molecular flexibility index (Phi) is 2.12. The van der Waals surface area contributed by atoms with Crippen LogP contribution in [0.1, 0.15) is 12.7 Å². The molecular formula is C9H12N4. The number of rotatable bonds is 3. The van der Waals surface area contributed by atoms with Gasteiger partial charge in [0.25, 0.3) is 0 Å². The smallest absolute Gasteiger partial charge is 0.146 e. The van der Waals surface area contributed by atoms with Gasteiger partial charge in [0.05, 0.1) is 6.54 Å². The lowest BCUT2D eigenvalue weighted by molar-refractivity contribution is 0.593. The molecule has 0 atom stereocenters. The van der Waals surface area contributed by atoms with Crippen LogP contribution in [0.5, 0.6) is 0 Å². The number of aryl methyl sites for hydroxylation is 1. The van der Waals surface area contributed by atoms with E-state index in [0.29, 0.717) is 0 Å². The highest BCUT2D eigenvalue weighted by atomic mass is 15.3. The van der Waals surface area contributed by atoms with E-state index in [1.54, 1.807) is 6.33 Å². The van der Waals surface area contributed by atoms with Crippen LogP contribution in [-0.2, 0) is 13.1 Å². The summed E-state index contributed by atoms with van der Waals surface area (Å²) in [5.74, 6) is 0.999. The lowest BCUT2D eigenvalue weighted by Gasteiger charge is -2.03. The van der Waals surface area contributed by atoms with Gasteiger partial charge in [0.2, 0.25) is 0 Å². The Balaban J connectivity index is 2.18. The maximum Gasteiger partial charge on any atom is 0.146 e. The first-order valence-electron chi connectivity index (χ1n) is 4.37. The minimum absolute atomic E-state index is 0.792. The van der Waals surface area contributed by atoms with Crippen LogP contribution < -0.4 is 0 Å². The Hall–Kier alpha value is -1.58. The molecule has 0 aromatic carbocycles. The third-order valence-corrected chi connectivity index (χ3v) is 1.99. The van der Waals surface area contributed by atoms with Gasteiger partial charge in [-0.2, -0.15) is 5.10 Å². The number of aromatic nitrogens is 4. The SMILES string of the molecule is CCn1ncnc1Cn1cccc1. The molecule has 68 valence electrons. The largest absolute Gasteiger partial charge is 0.347 e. The Bertz CT molecular complexity index is 361. The summed E-state index contributed by atoms with van der Waals surface area (Å²) in [6.07, 6.45) is 5.64. The summed E-state index contributed by atoms with van der Waals surface area (Å²) in [4.78, 5) is 4.19. The van der Waals surface area contributed by atoms with Gasteiger partial charge in [-0.1, -0.05) is 0 Å². The third kappa shape index (κ3) is 1.61. The van der Waals surface area contributed by atoms with Gasteiger partial charge < -0.3 is 4.57 Å². The third-order valence-electron chi connectivity index (χ3n) is 1.99. The molecule has 2 aromatic rings. The molecule has 0 saturated heterocycles.